The van der Waals surface area contributed by atoms with E-state index in [1.54, 1.807) is 6.20 Å². The van der Waals surface area contributed by atoms with Gasteiger partial charge in [-0.1, -0.05) is 103 Å². The van der Waals surface area contributed by atoms with Crippen LogP contribution in [0.1, 0.15) is 40.8 Å². The summed E-state index contributed by atoms with van der Waals surface area (Å²) in [4.78, 5) is 49.3. The van der Waals surface area contributed by atoms with Gasteiger partial charge in [0.1, 0.15) is 25.0 Å². The van der Waals surface area contributed by atoms with Crippen molar-refractivity contribution in [3.63, 3.8) is 0 Å². The van der Waals surface area contributed by atoms with Gasteiger partial charge in [-0.2, -0.15) is 0 Å². The molecular weight excluding hydrogens is 630 g/mol. The van der Waals surface area contributed by atoms with Crippen LogP contribution in [0, 0.1) is 0 Å². The van der Waals surface area contributed by atoms with Crippen LogP contribution in [0.2, 0.25) is 0 Å². The number of imidazole rings is 1. The smallest absolute Gasteiger partial charge is 0.408 e. The highest BCUT2D eigenvalue weighted by Gasteiger charge is 2.44. The number of hydrogen-bond acceptors (Lipinski definition) is 6. The molecule has 1 saturated carbocycles. The van der Waals surface area contributed by atoms with Gasteiger partial charge in [-0.3, -0.25) is 9.59 Å². The number of aromatic nitrogens is 2. The van der Waals surface area contributed by atoms with Gasteiger partial charge in [-0.05, 0) is 47.2 Å². The fourth-order valence-electron chi connectivity index (χ4n) is 5.81. The van der Waals surface area contributed by atoms with Gasteiger partial charge in [0.2, 0.25) is 11.8 Å². The van der Waals surface area contributed by atoms with E-state index in [4.69, 9.17) is 9.47 Å². The number of nitrogens with zero attached hydrogens (tertiary/aromatic N) is 2. The first-order valence-electron chi connectivity index (χ1n) is 16.8. The van der Waals surface area contributed by atoms with Gasteiger partial charge in [-0.25, -0.2) is 9.78 Å². The maximum Gasteiger partial charge on any atom is 0.408 e. The molecule has 3 amide bonds. The first kappa shape index (κ1) is 34.0. The van der Waals surface area contributed by atoms with Crippen LogP contribution in [0.25, 0.3) is 0 Å². The van der Waals surface area contributed by atoms with Gasteiger partial charge in [-0.15, -0.1) is 0 Å². The molecule has 1 heterocycles. The van der Waals surface area contributed by atoms with Crippen LogP contribution < -0.4 is 15.4 Å². The minimum atomic E-state index is -1.03. The Labute approximate surface area is 291 Å². The fraction of sp³-hybridized carbons (Fsp3) is 0.250. The predicted octanol–water partition coefficient (Wildman–Crippen LogP) is 5.70. The van der Waals surface area contributed by atoms with Crippen LogP contribution in [0.15, 0.2) is 128 Å². The standard InChI is InChI=1S/C40H41N5O5/c46-37(42-28-40(20-21-40)33-14-8-3-9-15-33)25-45(24-30-16-18-35(19-17-30)49-26-31-10-4-1-5-11-31)38(47)36(22-34-23-41-29-43-34)44-39(48)50-27-32-12-6-2-7-13-32/h1-19,23,29,36H,20-22,24-28H2,(H,41,43)(H,42,46)(H,44,48). The summed E-state index contributed by atoms with van der Waals surface area (Å²) >= 11 is 0. The van der Waals surface area contributed by atoms with Crippen molar-refractivity contribution >= 4 is 17.9 Å². The van der Waals surface area contributed by atoms with Gasteiger partial charge < -0.3 is 30.0 Å². The summed E-state index contributed by atoms with van der Waals surface area (Å²) in [7, 11) is 0. The number of H-pyrrole nitrogens is 1. The van der Waals surface area contributed by atoms with Crippen LogP contribution in [0.3, 0.4) is 0 Å². The summed E-state index contributed by atoms with van der Waals surface area (Å²) in [5.41, 5.74) is 4.42. The molecule has 1 atom stereocenters. The Morgan fingerprint density at radius 2 is 1.44 bits per heavy atom. The van der Waals surface area contributed by atoms with E-state index in [-0.39, 0.29) is 37.4 Å². The van der Waals surface area contributed by atoms with E-state index in [0.717, 1.165) is 29.5 Å². The SMILES string of the molecule is O=C(CN(Cc1ccc(OCc2ccccc2)cc1)C(=O)C(Cc1cnc[nH]1)NC(=O)OCc1ccccc1)NCC1(c2ccccc2)CC1. The molecule has 256 valence electrons. The zero-order chi connectivity index (χ0) is 34.6. The highest BCUT2D eigenvalue weighted by molar-refractivity contribution is 5.89. The molecule has 0 bridgehead atoms. The van der Waals surface area contributed by atoms with Crippen LogP contribution in [0.4, 0.5) is 4.79 Å². The summed E-state index contributed by atoms with van der Waals surface area (Å²) in [6.45, 7) is 0.890. The van der Waals surface area contributed by atoms with Crippen LogP contribution in [-0.2, 0) is 45.9 Å². The van der Waals surface area contributed by atoms with Crippen LogP contribution in [0.5, 0.6) is 5.75 Å². The molecular formula is C40H41N5O5. The largest absolute Gasteiger partial charge is 0.489 e. The molecule has 0 aliphatic heterocycles. The first-order chi connectivity index (χ1) is 24.5. The summed E-state index contributed by atoms with van der Waals surface area (Å²) in [5.74, 6) is -0.0286. The van der Waals surface area contributed by atoms with Crippen molar-refractivity contribution in [3.8, 4) is 5.75 Å². The summed E-state index contributed by atoms with van der Waals surface area (Å²) in [6, 6.07) is 35.8. The lowest BCUT2D eigenvalue weighted by Crippen LogP contribution is -2.52. The average molecular weight is 672 g/mol. The third kappa shape index (κ3) is 9.59. The molecule has 4 aromatic carbocycles. The molecule has 1 aliphatic rings. The molecule has 0 spiro atoms. The number of benzene rings is 4. The highest BCUT2D eigenvalue weighted by atomic mass is 16.5. The third-order valence-corrected chi connectivity index (χ3v) is 8.84. The van der Waals surface area contributed by atoms with Crippen LogP contribution in [-0.4, -0.2) is 51.9 Å². The van der Waals surface area contributed by atoms with Crippen molar-refractivity contribution in [3.05, 3.63) is 156 Å². The predicted molar refractivity (Wildman–Crippen MR) is 189 cm³/mol. The van der Waals surface area contributed by atoms with Crippen LogP contribution >= 0.6 is 0 Å². The normalized spacial score (nSPS) is 13.4. The lowest BCUT2D eigenvalue weighted by molar-refractivity contribution is -0.138. The Morgan fingerprint density at radius 1 is 0.800 bits per heavy atom. The van der Waals surface area contributed by atoms with Crippen molar-refractivity contribution in [1.29, 1.82) is 0 Å². The van der Waals surface area contributed by atoms with Crippen molar-refractivity contribution in [2.75, 3.05) is 13.1 Å². The van der Waals surface area contributed by atoms with E-state index in [1.807, 2.05) is 103 Å². The summed E-state index contributed by atoms with van der Waals surface area (Å²) in [5, 5.41) is 5.82. The Hall–Kier alpha value is -5.90. The van der Waals surface area contributed by atoms with Gasteiger partial charge in [0, 0.05) is 36.8 Å². The zero-order valence-corrected chi connectivity index (χ0v) is 27.8. The molecule has 1 fully saturated rings. The minimum absolute atomic E-state index is 0.0472. The molecule has 5 aromatic rings. The maximum atomic E-state index is 14.3. The Morgan fingerprint density at radius 3 is 2.06 bits per heavy atom. The first-order valence-corrected chi connectivity index (χ1v) is 16.8. The van der Waals surface area contributed by atoms with Gasteiger partial charge in [0.05, 0.1) is 12.9 Å². The number of carbonyl (C=O) groups excluding carboxylic acids is 3. The number of alkyl carbamates (subject to hydrolysis) is 1. The van der Waals surface area contributed by atoms with E-state index in [1.165, 1.54) is 16.8 Å². The van der Waals surface area contributed by atoms with E-state index < -0.39 is 18.0 Å². The summed E-state index contributed by atoms with van der Waals surface area (Å²) in [6.07, 6.45) is 4.47. The highest BCUT2D eigenvalue weighted by Crippen LogP contribution is 2.47. The molecule has 10 nitrogen and oxygen atoms in total. The molecule has 50 heavy (non-hydrogen) atoms. The molecule has 10 heteroatoms. The number of amides is 3. The van der Waals surface area contributed by atoms with Gasteiger partial charge in [0.25, 0.3) is 0 Å². The topological polar surface area (TPSA) is 126 Å². The Kier molecular flexibility index (Phi) is 11.2. The second-order valence-corrected chi connectivity index (χ2v) is 12.6. The minimum Gasteiger partial charge on any atom is -0.489 e. The number of carbonyl (C=O) groups is 3. The van der Waals surface area contributed by atoms with Crippen molar-refractivity contribution in [1.82, 2.24) is 25.5 Å². The molecule has 3 N–H and O–H groups in total. The molecule has 6 rings (SSSR count). The lowest BCUT2D eigenvalue weighted by Gasteiger charge is -2.28. The number of ether oxygens (including phenoxy) is 2. The van der Waals surface area contributed by atoms with E-state index in [2.05, 4.69) is 32.7 Å². The van der Waals surface area contributed by atoms with Crippen molar-refractivity contribution in [2.45, 2.75) is 50.5 Å². The van der Waals surface area contributed by atoms with Gasteiger partial charge in [0.15, 0.2) is 0 Å². The second-order valence-electron chi connectivity index (χ2n) is 12.6. The Balaban J connectivity index is 1.16. The van der Waals surface area contributed by atoms with Crippen molar-refractivity contribution < 1.29 is 23.9 Å². The number of nitrogens with one attached hydrogen (secondary N) is 3. The fourth-order valence-corrected chi connectivity index (χ4v) is 5.81. The molecule has 1 aromatic heterocycles. The zero-order valence-electron chi connectivity index (χ0n) is 27.8. The Bertz CT molecular complexity index is 1810. The number of hydrogen-bond donors (Lipinski definition) is 3. The monoisotopic (exact) mass is 671 g/mol. The average Bonchev–Trinajstić information content (AvgIpc) is 3.78. The second kappa shape index (κ2) is 16.5. The maximum absolute atomic E-state index is 14.3. The number of aromatic amines is 1. The van der Waals surface area contributed by atoms with E-state index in [9.17, 15) is 14.4 Å². The summed E-state index contributed by atoms with van der Waals surface area (Å²) < 4.78 is 11.4. The molecule has 1 aliphatic carbocycles. The quantitative estimate of drug-likeness (QED) is 0.124. The van der Waals surface area contributed by atoms with Crippen molar-refractivity contribution in [2.24, 2.45) is 0 Å². The van der Waals surface area contributed by atoms with E-state index in [0.29, 0.717) is 24.6 Å². The van der Waals surface area contributed by atoms with E-state index >= 15 is 0 Å². The third-order valence-electron chi connectivity index (χ3n) is 8.84. The molecule has 0 radical (unpaired) electrons. The number of rotatable bonds is 16. The van der Waals surface area contributed by atoms with Gasteiger partial charge >= 0.3 is 6.09 Å². The molecule has 0 saturated heterocycles. The lowest BCUT2D eigenvalue weighted by atomic mass is 9.96. The molecule has 1 unspecified atom stereocenters.